The molecule has 0 unspecified atom stereocenters. The molecule has 0 atom stereocenters. The fourth-order valence-corrected chi connectivity index (χ4v) is 6.62. The van der Waals surface area contributed by atoms with Crippen LogP contribution in [-0.4, -0.2) is 81.0 Å². The van der Waals surface area contributed by atoms with Gasteiger partial charge in [0.2, 0.25) is 5.91 Å². The van der Waals surface area contributed by atoms with E-state index in [9.17, 15) is 4.79 Å². The second-order valence-electron chi connectivity index (χ2n) is 11.4. The summed E-state index contributed by atoms with van der Waals surface area (Å²) in [4.78, 5) is 33.5. The number of imidazole rings is 2. The summed E-state index contributed by atoms with van der Waals surface area (Å²) in [7, 11) is 0. The molecule has 0 spiro atoms. The fraction of sp³-hybridized carbons (Fsp3) is 0.750. The molecule has 0 bridgehead atoms. The number of likely N-dealkylation sites (tertiary alicyclic amines) is 2. The molecule has 1 saturated carbocycles. The van der Waals surface area contributed by atoms with E-state index in [-0.39, 0.29) is 11.8 Å². The van der Waals surface area contributed by atoms with Crippen LogP contribution < -0.4 is 5.32 Å². The summed E-state index contributed by atoms with van der Waals surface area (Å²) in [5, 5.41) is 3.26. The summed E-state index contributed by atoms with van der Waals surface area (Å²) in [5.74, 6) is 3.06. The SMILES string of the molecule is O=C(NCC1CCN(CC2CCN(C3CCCCC3)CC2)CC1)C(Cc1ncc[nH]1)Cc1ncc[nH]1. The van der Waals surface area contributed by atoms with Gasteiger partial charge >= 0.3 is 0 Å². The molecule has 8 nitrogen and oxygen atoms in total. The Morgan fingerprint density at radius 2 is 1.47 bits per heavy atom. The predicted octanol–water partition coefficient (Wildman–Crippen LogP) is 3.41. The van der Waals surface area contributed by atoms with Crippen LogP contribution in [0.4, 0.5) is 0 Å². The molecule has 3 N–H and O–H groups in total. The van der Waals surface area contributed by atoms with Crippen LogP contribution in [-0.2, 0) is 17.6 Å². The highest BCUT2D eigenvalue weighted by molar-refractivity contribution is 5.79. The van der Waals surface area contributed by atoms with Crippen LogP contribution in [0.1, 0.15) is 69.4 Å². The van der Waals surface area contributed by atoms with Gasteiger partial charge in [-0.1, -0.05) is 19.3 Å². The molecule has 1 aliphatic carbocycles. The molecule has 0 aromatic carbocycles. The number of rotatable bonds is 10. The number of carbonyl (C=O) groups is 1. The summed E-state index contributed by atoms with van der Waals surface area (Å²) in [5.41, 5.74) is 0. The Kier molecular flexibility index (Phi) is 9.09. The molecule has 3 fully saturated rings. The first-order chi connectivity index (χ1) is 17.7. The first-order valence-corrected chi connectivity index (χ1v) is 14.4. The largest absolute Gasteiger partial charge is 0.356 e. The van der Waals surface area contributed by atoms with Crippen molar-refractivity contribution in [2.24, 2.45) is 17.8 Å². The van der Waals surface area contributed by atoms with Crippen molar-refractivity contribution in [2.45, 2.75) is 76.7 Å². The van der Waals surface area contributed by atoms with Crippen LogP contribution in [0, 0.1) is 17.8 Å². The third-order valence-corrected chi connectivity index (χ3v) is 8.89. The Hall–Kier alpha value is -2.19. The monoisotopic (exact) mass is 495 g/mol. The van der Waals surface area contributed by atoms with Crippen molar-refractivity contribution in [1.29, 1.82) is 0 Å². The highest BCUT2D eigenvalue weighted by atomic mass is 16.1. The lowest BCUT2D eigenvalue weighted by Crippen LogP contribution is -2.46. The van der Waals surface area contributed by atoms with Crippen molar-refractivity contribution in [2.75, 3.05) is 39.3 Å². The zero-order valence-corrected chi connectivity index (χ0v) is 21.8. The molecule has 2 aromatic rings. The van der Waals surface area contributed by atoms with Crippen molar-refractivity contribution in [1.82, 2.24) is 35.1 Å². The maximum Gasteiger partial charge on any atom is 0.224 e. The lowest BCUT2D eigenvalue weighted by Gasteiger charge is -2.41. The predicted molar refractivity (Wildman–Crippen MR) is 141 cm³/mol. The number of aromatic nitrogens is 4. The van der Waals surface area contributed by atoms with E-state index in [1.165, 1.54) is 90.5 Å². The van der Waals surface area contributed by atoms with E-state index in [1.807, 2.05) is 12.4 Å². The molecule has 0 radical (unpaired) electrons. The number of hydrogen-bond acceptors (Lipinski definition) is 5. The van der Waals surface area contributed by atoms with Crippen LogP contribution in [0.3, 0.4) is 0 Å². The fourth-order valence-electron chi connectivity index (χ4n) is 6.62. The second kappa shape index (κ2) is 12.9. The zero-order chi connectivity index (χ0) is 24.6. The van der Waals surface area contributed by atoms with Gasteiger partial charge in [0.1, 0.15) is 11.6 Å². The number of piperidine rings is 2. The van der Waals surface area contributed by atoms with Gasteiger partial charge in [-0.3, -0.25) is 4.79 Å². The topological polar surface area (TPSA) is 92.9 Å². The average molecular weight is 496 g/mol. The van der Waals surface area contributed by atoms with Gasteiger partial charge < -0.3 is 25.1 Å². The summed E-state index contributed by atoms with van der Waals surface area (Å²) >= 11 is 0. The first-order valence-electron chi connectivity index (χ1n) is 14.4. The molecule has 198 valence electrons. The molecular formula is C28H45N7O. The van der Waals surface area contributed by atoms with Crippen molar-refractivity contribution >= 4 is 5.91 Å². The van der Waals surface area contributed by atoms with E-state index in [4.69, 9.17) is 0 Å². The Morgan fingerprint density at radius 1 is 0.861 bits per heavy atom. The van der Waals surface area contributed by atoms with E-state index >= 15 is 0 Å². The van der Waals surface area contributed by atoms with Gasteiger partial charge in [0.15, 0.2) is 0 Å². The standard InChI is InChI=1S/C28H45N7O/c36-28(24(18-26-29-10-11-30-26)19-27-31-12-13-32-27)33-20-22-6-14-34(15-7-22)21-23-8-16-35(17-9-23)25-4-2-1-3-5-25/h10-13,22-25H,1-9,14-21H2,(H,29,30)(H,31,32)(H,33,36). The molecule has 1 amide bonds. The molecule has 4 heterocycles. The average Bonchev–Trinajstić information content (AvgIpc) is 3.63. The van der Waals surface area contributed by atoms with Gasteiger partial charge in [0.25, 0.3) is 0 Å². The summed E-state index contributed by atoms with van der Waals surface area (Å²) in [6.45, 7) is 7.02. The molecule has 3 aliphatic rings. The van der Waals surface area contributed by atoms with E-state index in [2.05, 4.69) is 35.1 Å². The van der Waals surface area contributed by atoms with Crippen molar-refractivity contribution in [3.05, 3.63) is 36.4 Å². The second-order valence-corrected chi connectivity index (χ2v) is 11.4. The highest BCUT2D eigenvalue weighted by Crippen LogP contribution is 2.28. The van der Waals surface area contributed by atoms with Gasteiger partial charge in [-0.15, -0.1) is 0 Å². The molecule has 2 aliphatic heterocycles. The number of hydrogen-bond donors (Lipinski definition) is 3. The number of H-pyrrole nitrogens is 2. The highest BCUT2D eigenvalue weighted by Gasteiger charge is 2.29. The van der Waals surface area contributed by atoms with Crippen LogP contribution in [0.25, 0.3) is 0 Å². The van der Waals surface area contributed by atoms with E-state index in [0.29, 0.717) is 18.8 Å². The number of carbonyl (C=O) groups excluding carboxylic acids is 1. The molecule has 2 saturated heterocycles. The number of nitrogens with one attached hydrogen (secondary N) is 3. The van der Waals surface area contributed by atoms with Gasteiger partial charge in [0, 0.05) is 56.8 Å². The van der Waals surface area contributed by atoms with Gasteiger partial charge in [-0.05, 0) is 76.5 Å². The first kappa shape index (κ1) is 25.5. The summed E-state index contributed by atoms with van der Waals surface area (Å²) < 4.78 is 0. The Bertz CT molecular complexity index is 841. The maximum absolute atomic E-state index is 13.1. The quantitative estimate of drug-likeness (QED) is 0.470. The maximum atomic E-state index is 13.1. The number of aromatic amines is 2. The Labute approximate surface area is 216 Å². The van der Waals surface area contributed by atoms with E-state index < -0.39 is 0 Å². The van der Waals surface area contributed by atoms with Crippen LogP contribution in [0.5, 0.6) is 0 Å². The molecule has 2 aromatic heterocycles. The Morgan fingerprint density at radius 3 is 2.06 bits per heavy atom. The van der Waals surface area contributed by atoms with Gasteiger partial charge in [-0.25, -0.2) is 9.97 Å². The minimum Gasteiger partial charge on any atom is -0.356 e. The van der Waals surface area contributed by atoms with Crippen molar-refractivity contribution < 1.29 is 4.79 Å². The third-order valence-electron chi connectivity index (χ3n) is 8.89. The number of nitrogens with zero attached hydrogens (tertiary/aromatic N) is 4. The molecule has 5 rings (SSSR count). The lowest BCUT2D eigenvalue weighted by molar-refractivity contribution is -0.125. The van der Waals surface area contributed by atoms with Crippen LogP contribution in [0.15, 0.2) is 24.8 Å². The molecule has 36 heavy (non-hydrogen) atoms. The summed E-state index contributed by atoms with van der Waals surface area (Å²) in [6, 6.07) is 0.878. The van der Waals surface area contributed by atoms with Crippen LogP contribution in [0.2, 0.25) is 0 Å². The van der Waals surface area contributed by atoms with Crippen molar-refractivity contribution in [3.8, 4) is 0 Å². The zero-order valence-electron chi connectivity index (χ0n) is 21.8. The molecular weight excluding hydrogens is 450 g/mol. The lowest BCUT2D eigenvalue weighted by atomic mass is 9.89. The summed E-state index contributed by atoms with van der Waals surface area (Å²) in [6.07, 6.45) is 20.6. The Balaban J connectivity index is 1.01. The van der Waals surface area contributed by atoms with E-state index in [1.54, 1.807) is 12.4 Å². The smallest absolute Gasteiger partial charge is 0.224 e. The van der Waals surface area contributed by atoms with Crippen LogP contribution >= 0.6 is 0 Å². The van der Waals surface area contributed by atoms with Gasteiger partial charge in [0.05, 0.1) is 5.92 Å². The minimum absolute atomic E-state index is 0.106. The van der Waals surface area contributed by atoms with Crippen molar-refractivity contribution in [3.63, 3.8) is 0 Å². The third kappa shape index (κ3) is 7.19. The normalized spacial score (nSPS) is 21.8. The molecule has 8 heteroatoms. The number of amides is 1. The van der Waals surface area contributed by atoms with E-state index in [0.717, 1.165) is 30.2 Å². The minimum atomic E-state index is -0.179. The van der Waals surface area contributed by atoms with Gasteiger partial charge in [-0.2, -0.15) is 0 Å².